The zero-order chi connectivity index (χ0) is 12.5. The number of halogens is 1. The summed E-state index contributed by atoms with van der Waals surface area (Å²) in [7, 11) is -2.84. The molecule has 0 bridgehead atoms. The molecular weight excluding hydrogens is 302 g/mol. The molecule has 3 nitrogen and oxygen atoms in total. The fourth-order valence-corrected chi connectivity index (χ4v) is 4.26. The maximum absolute atomic E-state index is 11.5. The minimum Gasteiger partial charge on any atom is -0.381 e. The summed E-state index contributed by atoms with van der Waals surface area (Å²) in [5.41, 5.74) is 2.15. The predicted molar refractivity (Wildman–Crippen MR) is 74.2 cm³/mol. The fourth-order valence-electron chi connectivity index (χ4n) is 2.15. The lowest BCUT2D eigenvalue weighted by Crippen LogP contribution is -2.34. The van der Waals surface area contributed by atoms with Gasteiger partial charge in [0.2, 0.25) is 0 Å². The molecule has 1 fully saturated rings. The highest BCUT2D eigenvalue weighted by molar-refractivity contribution is 9.10. The van der Waals surface area contributed by atoms with Crippen molar-refractivity contribution in [3.05, 3.63) is 28.2 Å². The summed E-state index contributed by atoms with van der Waals surface area (Å²) in [6.07, 6.45) is 1.68. The van der Waals surface area contributed by atoms with Crippen LogP contribution in [-0.2, 0) is 9.84 Å². The molecule has 17 heavy (non-hydrogen) atoms. The van der Waals surface area contributed by atoms with Crippen LogP contribution in [0.2, 0.25) is 0 Å². The molecule has 1 N–H and O–H groups in total. The number of nitrogens with one attached hydrogen (secondary N) is 1. The zero-order valence-corrected chi connectivity index (χ0v) is 12.1. The largest absolute Gasteiger partial charge is 0.381 e. The highest BCUT2D eigenvalue weighted by atomic mass is 79.9. The monoisotopic (exact) mass is 317 g/mol. The summed E-state index contributed by atoms with van der Waals surface area (Å²) >= 11 is 3.42. The van der Waals surface area contributed by atoms with Crippen LogP contribution in [0.1, 0.15) is 18.4 Å². The first-order valence-electron chi connectivity index (χ1n) is 5.69. The molecule has 0 saturated carbocycles. The third kappa shape index (κ3) is 3.45. The van der Waals surface area contributed by atoms with Gasteiger partial charge in [-0.05, 0) is 43.5 Å². The van der Waals surface area contributed by atoms with E-state index >= 15 is 0 Å². The number of sulfone groups is 1. The van der Waals surface area contributed by atoms with Crippen molar-refractivity contribution in [2.75, 3.05) is 16.8 Å². The van der Waals surface area contributed by atoms with Crippen LogP contribution in [0.15, 0.2) is 22.7 Å². The Morgan fingerprint density at radius 1 is 1.41 bits per heavy atom. The van der Waals surface area contributed by atoms with Crippen molar-refractivity contribution in [2.24, 2.45) is 0 Å². The van der Waals surface area contributed by atoms with Gasteiger partial charge in [0.05, 0.1) is 11.5 Å². The van der Waals surface area contributed by atoms with Crippen LogP contribution in [0.3, 0.4) is 0 Å². The average molecular weight is 318 g/mol. The van der Waals surface area contributed by atoms with E-state index in [9.17, 15) is 8.42 Å². The van der Waals surface area contributed by atoms with Gasteiger partial charge >= 0.3 is 0 Å². The van der Waals surface area contributed by atoms with Crippen LogP contribution >= 0.6 is 15.9 Å². The molecule has 94 valence electrons. The van der Waals surface area contributed by atoms with E-state index in [0.717, 1.165) is 28.6 Å². The summed E-state index contributed by atoms with van der Waals surface area (Å²) in [6.45, 7) is 2.02. The maximum Gasteiger partial charge on any atom is 0.152 e. The molecule has 1 aliphatic heterocycles. The second-order valence-electron chi connectivity index (χ2n) is 4.56. The van der Waals surface area contributed by atoms with Gasteiger partial charge in [0, 0.05) is 16.2 Å². The molecule has 1 aromatic rings. The van der Waals surface area contributed by atoms with Gasteiger partial charge in [-0.1, -0.05) is 15.9 Å². The number of hydrogen-bond acceptors (Lipinski definition) is 3. The van der Waals surface area contributed by atoms with Gasteiger partial charge < -0.3 is 5.32 Å². The number of hydrogen-bond donors (Lipinski definition) is 1. The van der Waals surface area contributed by atoms with Gasteiger partial charge in [-0.3, -0.25) is 0 Å². The van der Waals surface area contributed by atoms with Crippen molar-refractivity contribution in [1.29, 1.82) is 0 Å². The molecule has 0 radical (unpaired) electrons. The topological polar surface area (TPSA) is 46.2 Å². The van der Waals surface area contributed by atoms with Crippen molar-refractivity contribution >= 4 is 31.5 Å². The molecule has 1 unspecified atom stereocenters. The lowest BCUT2D eigenvalue weighted by Gasteiger charge is -2.24. The molecule has 2 rings (SSSR count). The van der Waals surface area contributed by atoms with Crippen molar-refractivity contribution in [2.45, 2.75) is 25.8 Å². The van der Waals surface area contributed by atoms with Gasteiger partial charge in [0.25, 0.3) is 0 Å². The molecule has 1 aromatic carbocycles. The smallest absolute Gasteiger partial charge is 0.152 e. The first-order valence-corrected chi connectivity index (χ1v) is 8.31. The Kier molecular flexibility index (Phi) is 3.78. The molecule has 1 saturated heterocycles. The number of aryl methyl sites for hydroxylation is 1. The first kappa shape index (κ1) is 12.9. The van der Waals surface area contributed by atoms with E-state index in [2.05, 4.69) is 21.2 Å². The highest BCUT2D eigenvalue weighted by Gasteiger charge is 2.24. The van der Waals surface area contributed by atoms with Crippen molar-refractivity contribution in [3.63, 3.8) is 0 Å². The van der Waals surface area contributed by atoms with E-state index in [1.807, 2.05) is 25.1 Å². The Morgan fingerprint density at radius 3 is 2.82 bits per heavy atom. The summed E-state index contributed by atoms with van der Waals surface area (Å²) < 4.78 is 24.1. The summed E-state index contributed by atoms with van der Waals surface area (Å²) in [6, 6.07) is 6.03. The Morgan fingerprint density at radius 2 is 2.18 bits per heavy atom. The third-order valence-electron chi connectivity index (χ3n) is 3.01. The van der Waals surface area contributed by atoms with Crippen LogP contribution in [0, 0.1) is 6.92 Å². The minimum atomic E-state index is -2.84. The van der Waals surface area contributed by atoms with Crippen LogP contribution in [0.25, 0.3) is 0 Å². The summed E-state index contributed by atoms with van der Waals surface area (Å²) in [4.78, 5) is 0. The molecule has 0 aliphatic carbocycles. The van der Waals surface area contributed by atoms with Gasteiger partial charge in [-0.2, -0.15) is 0 Å². The Balaban J connectivity index is 2.10. The van der Waals surface area contributed by atoms with E-state index in [1.54, 1.807) is 0 Å². The molecule has 0 aromatic heterocycles. The quantitative estimate of drug-likeness (QED) is 0.912. The van der Waals surface area contributed by atoms with Gasteiger partial charge in [-0.25, -0.2) is 8.42 Å². The minimum absolute atomic E-state index is 0.0497. The number of rotatable bonds is 2. The van der Waals surface area contributed by atoms with E-state index < -0.39 is 9.84 Å². The van der Waals surface area contributed by atoms with E-state index in [-0.39, 0.29) is 11.8 Å². The summed E-state index contributed by atoms with van der Waals surface area (Å²) in [5, 5.41) is 3.33. The molecule has 1 aliphatic rings. The highest BCUT2D eigenvalue weighted by Crippen LogP contribution is 2.23. The van der Waals surface area contributed by atoms with Crippen molar-refractivity contribution in [3.8, 4) is 0 Å². The molecule has 1 atom stereocenters. The number of anilines is 1. The normalized spacial score (nSPS) is 23.3. The molecule has 5 heteroatoms. The molecule has 0 amide bonds. The Labute approximate surface area is 111 Å². The zero-order valence-electron chi connectivity index (χ0n) is 9.74. The molecule has 1 heterocycles. The van der Waals surface area contributed by atoms with E-state index in [0.29, 0.717) is 5.75 Å². The maximum atomic E-state index is 11.5. The lowest BCUT2D eigenvalue weighted by molar-refractivity contribution is 0.562. The van der Waals surface area contributed by atoms with E-state index in [4.69, 9.17) is 0 Å². The van der Waals surface area contributed by atoms with Gasteiger partial charge in [0.15, 0.2) is 9.84 Å². The average Bonchev–Trinajstić information content (AvgIpc) is 2.21. The van der Waals surface area contributed by atoms with Crippen LogP contribution in [-0.4, -0.2) is 26.0 Å². The van der Waals surface area contributed by atoms with Crippen LogP contribution in [0.5, 0.6) is 0 Å². The van der Waals surface area contributed by atoms with Gasteiger partial charge in [-0.15, -0.1) is 0 Å². The standard InChI is InChI=1S/C12H16BrNO2S/c1-9-7-10(13)4-5-12(9)14-11-3-2-6-17(15,16)8-11/h4-5,7,11,14H,2-3,6,8H2,1H3. The van der Waals surface area contributed by atoms with Crippen LogP contribution < -0.4 is 5.32 Å². The Bertz CT molecular complexity index is 513. The van der Waals surface area contributed by atoms with Crippen LogP contribution in [0.4, 0.5) is 5.69 Å². The van der Waals surface area contributed by atoms with Gasteiger partial charge in [0.1, 0.15) is 0 Å². The molecular formula is C12H16BrNO2S. The van der Waals surface area contributed by atoms with E-state index in [1.165, 1.54) is 0 Å². The first-order chi connectivity index (χ1) is 7.96. The van der Waals surface area contributed by atoms with Crippen molar-refractivity contribution in [1.82, 2.24) is 0 Å². The predicted octanol–water partition coefficient (Wildman–Crippen LogP) is 2.75. The SMILES string of the molecule is Cc1cc(Br)ccc1NC1CCCS(=O)(=O)C1. The molecule has 0 spiro atoms. The lowest BCUT2D eigenvalue weighted by atomic mass is 10.1. The second kappa shape index (κ2) is 4.98. The fraction of sp³-hybridized carbons (Fsp3) is 0.500. The second-order valence-corrected chi connectivity index (χ2v) is 7.70. The third-order valence-corrected chi connectivity index (χ3v) is 5.33. The summed E-state index contributed by atoms with van der Waals surface area (Å²) in [5.74, 6) is 0.590. The number of benzene rings is 1. The Hall–Kier alpha value is -0.550. The van der Waals surface area contributed by atoms with Crippen molar-refractivity contribution < 1.29 is 8.42 Å².